The average molecular weight is 346 g/mol. The van der Waals surface area contributed by atoms with Crippen LogP contribution in [-0.4, -0.2) is 70.0 Å². The van der Waals surface area contributed by atoms with Crippen molar-refractivity contribution in [3.05, 3.63) is 29.8 Å². The lowest BCUT2D eigenvalue weighted by atomic mass is 10.1. The summed E-state index contributed by atoms with van der Waals surface area (Å²) in [5.41, 5.74) is 2.35. The van der Waals surface area contributed by atoms with Crippen molar-refractivity contribution in [1.82, 2.24) is 25.0 Å². The number of nitrogens with zero attached hydrogens (tertiary/aromatic N) is 4. The van der Waals surface area contributed by atoms with Gasteiger partial charge >= 0.3 is 0 Å². The Morgan fingerprint density at radius 1 is 1.08 bits per heavy atom. The summed E-state index contributed by atoms with van der Waals surface area (Å²) < 4.78 is 0. The van der Waals surface area contributed by atoms with Crippen molar-refractivity contribution >= 4 is 11.8 Å². The zero-order valence-electron chi connectivity index (χ0n) is 14.7. The lowest BCUT2D eigenvalue weighted by Crippen LogP contribution is -2.46. The molecule has 6 heteroatoms. The van der Waals surface area contributed by atoms with E-state index in [1.54, 1.807) is 11.8 Å². The fraction of sp³-hybridized carbons (Fsp3) is 0.556. The Labute approximate surface area is 148 Å². The van der Waals surface area contributed by atoms with Crippen LogP contribution in [0.3, 0.4) is 0 Å². The third-order valence-corrected chi connectivity index (χ3v) is 5.49. The van der Waals surface area contributed by atoms with Crippen LogP contribution in [-0.2, 0) is 0 Å². The van der Waals surface area contributed by atoms with Gasteiger partial charge in [-0.3, -0.25) is 5.10 Å². The first kappa shape index (κ1) is 17.5. The quantitative estimate of drug-likeness (QED) is 0.618. The van der Waals surface area contributed by atoms with Gasteiger partial charge in [-0.05, 0) is 26.4 Å². The van der Waals surface area contributed by atoms with Gasteiger partial charge in [0.1, 0.15) is 0 Å². The maximum absolute atomic E-state index is 4.59. The smallest absolute Gasteiger partial charge is 0.208 e. The zero-order valence-corrected chi connectivity index (χ0v) is 15.5. The zero-order chi connectivity index (χ0) is 16.8. The Morgan fingerprint density at radius 3 is 2.50 bits per heavy atom. The van der Waals surface area contributed by atoms with Crippen LogP contribution in [0.2, 0.25) is 0 Å². The number of thioether (sulfide) groups is 1. The van der Waals surface area contributed by atoms with Gasteiger partial charge < -0.3 is 9.80 Å². The molecule has 0 saturated carbocycles. The number of hydrogen-bond acceptors (Lipinski definition) is 5. The van der Waals surface area contributed by atoms with Crippen LogP contribution in [0.25, 0.3) is 11.4 Å². The van der Waals surface area contributed by atoms with Crippen molar-refractivity contribution in [3.63, 3.8) is 0 Å². The van der Waals surface area contributed by atoms with E-state index < -0.39 is 0 Å². The molecule has 0 spiro atoms. The largest absolute Gasteiger partial charge is 0.301 e. The second-order valence-electron chi connectivity index (χ2n) is 6.31. The predicted octanol–water partition coefficient (Wildman–Crippen LogP) is 2.90. The molecule has 5 nitrogen and oxygen atoms in total. The fourth-order valence-electron chi connectivity index (χ4n) is 2.93. The van der Waals surface area contributed by atoms with E-state index in [2.05, 4.69) is 63.1 Å². The van der Waals surface area contributed by atoms with E-state index in [4.69, 9.17) is 0 Å². The number of benzene rings is 1. The topological polar surface area (TPSA) is 48.0 Å². The molecule has 0 unspecified atom stereocenters. The number of aryl methyl sites for hydroxylation is 1. The summed E-state index contributed by atoms with van der Waals surface area (Å²) in [6.07, 6.45) is 1.19. The van der Waals surface area contributed by atoms with Crippen molar-refractivity contribution in [2.24, 2.45) is 0 Å². The fourth-order valence-corrected chi connectivity index (χ4v) is 3.65. The molecule has 24 heavy (non-hydrogen) atoms. The second-order valence-corrected chi connectivity index (χ2v) is 7.37. The summed E-state index contributed by atoms with van der Waals surface area (Å²) in [7, 11) is 0. The highest BCUT2D eigenvalue weighted by atomic mass is 32.2. The van der Waals surface area contributed by atoms with E-state index in [0.717, 1.165) is 22.3 Å². The normalized spacial score (nSPS) is 16.6. The predicted molar refractivity (Wildman–Crippen MR) is 100 cm³/mol. The molecule has 1 fully saturated rings. The van der Waals surface area contributed by atoms with Gasteiger partial charge in [-0.15, -0.1) is 5.10 Å². The van der Waals surface area contributed by atoms with Crippen molar-refractivity contribution < 1.29 is 0 Å². The summed E-state index contributed by atoms with van der Waals surface area (Å²) in [5.74, 6) is 1.92. The Kier molecular flexibility index (Phi) is 6.29. The molecule has 2 heterocycles. The molecule has 1 aliphatic rings. The van der Waals surface area contributed by atoms with E-state index in [1.807, 2.05) is 0 Å². The molecule has 0 aliphatic carbocycles. The van der Waals surface area contributed by atoms with Gasteiger partial charge in [-0.25, -0.2) is 4.98 Å². The van der Waals surface area contributed by atoms with Crippen LogP contribution < -0.4 is 0 Å². The third-order valence-electron chi connectivity index (χ3n) is 4.55. The maximum Gasteiger partial charge on any atom is 0.208 e. The van der Waals surface area contributed by atoms with Gasteiger partial charge in [0, 0.05) is 37.5 Å². The van der Waals surface area contributed by atoms with E-state index in [-0.39, 0.29) is 0 Å². The molecule has 3 rings (SSSR count). The summed E-state index contributed by atoms with van der Waals surface area (Å²) in [6.45, 7) is 11.5. The lowest BCUT2D eigenvalue weighted by Gasteiger charge is -2.33. The number of hydrogen-bond donors (Lipinski definition) is 1. The Hall–Kier alpha value is -1.37. The standard InChI is InChI=1S/C18H27N5S/c1-3-22-10-12-23(13-11-22)9-4-14-24-18-19-17(20-21-18)16-7-5-15(2)6-8-16/h5-8H,3-4,9-14H2,1-2H3,(H,19,20,21). The Balaban J connectivity index is 1.39. The Bertz CT molecular complexity index is 617. The maximum atomic E-state index is 4.59. The Morgan fingerprint density at radius 2 is 1.79 bits per heavy atom. The van der Waals surface area contributed by atoms with Crippen LogP contribution >= 0.6 is 11.8 Å². The molecule has 0 atom stereocenters. The highest BCUT2D eigenvalue weighted by Crippen LogP contribution is 2.20. The molecule has 1 saturated heterocycles. The van der Waals surface area contributed by atoms with E-state index >= 15 is 0 Å². The highest BCUT2D eigenvalue weighted by Gasteiger charge is 2.14. The first-order valence-corrected chi connectivity index (χ1v) is 9.80. The summed E-state index contributed by atoms with van der Waals surface area (Å²) in [5, 5.41) is 8.22. The molecule has 0 radical (unpaired) electrons. The van der Waals surface area contributed by atoms with Crippen molar-refractivity contribution in [1.29, 1.82) is 0 Å². The molecule has 0 bridgehead atoms. The molecule has 1 aromatic heterocycles. The van der Waals surface area contributed by atoms with E-state index in [1.165, 1.54) is 51.3 Å². The van der Waals surface area contributed by atoms with Gasteiger partial charge in [0.2, 0.25) is 5.16 Å². The van der Waals surface area contributed by atoms with Crippen molar-refractivity contribution in [2.45, 2.75) is 25.4 Å². The second kappa shape index (κ2) is 8.65. The van der Waals surface area contributed by atoms with Crippen molar-refractivity contribution in [2.75, 3.05) is 45.0 Å². The summed E-state index contributed by atoms with van der Waals surface area (Å²) >= 11 is 1.74. The number of rotatable bonds is 7. The number of H-pyrrole nitrogens is 1. The van der Waals surface area contributed by atoms with Crippen LogP contribution in [0, 0.1) is 6.92 Å². The molecule has 1 N–H and O–H groups in total. The number of aromatic amines is 1. The summed E-state index contributed by atoms with van der Waals surface area (Å²) in [6, 6.07) is 8.37. The number of piperazine rings is 1. The summed E-state index contributed by atoms with van der Waals surface area (Å²) in [4.78, 5) is 9.68. The number of aromatic nitrogens is 3. The molecule has 2 aromatic rings. The van der Waals surface area contributed by atoms with Crippen LogP contribution in [0.4, 0.5) is 0 Å². The van der Waals surface area contributed by atoms with E-state index in [0.29, 0.717) is 0 Å². The first-order chi connectivity index (χ1) is 11.7. The number of nitrogens with one attached hydrogen (secondary N) is 1. The highest BCUT2D eigenvalue weighted by molar-refractivity contribution is 7.99. The SMILES string of the molecule is CCN1CCN(CCCSc2n[nH]c(-c3ccc(C)cc3)n2)CC1. The van der Waals surface area contributed by atoms with Crippen LogP contribution in [0.1, 0.15) is 18.9 Å². The molecule has 130 valence electrons. The van der Waals surface area contributed by atoms with Crippen LogP contribution in [0.5, 0.6) is 0 Å². The molecular formula is C18H27N5S. The monoisotopic (exact) mass is 345 g/mol. The minimum absolute atomic E-state index is 0.848. The van der Waals surface area contributed by atoms with E-state index in [9.17, 15) is 0 Å². The minimum atomic E-state index is 0.848. The van der Waals surface area contributed by atoms with Gasteiger partial charge in [0.15, 0.2) is 5.82 Å². The lowest BCUT2D eigenvalue weighted by molar-refractivity contribution is 0.138. The van der Waals surface area contributed by atoms with Gasteiger partial charge in [-0.2, -0.15) is 0 Å². The van der Waals surface area contributed by atoms with Crippen molar-refractivity contribution in [3.8, 4) is 11.4 Å². The molecule has 0 amide bonds. The van der Waals surface area contributed by atoms with Crippen LogP contribution in [0.15, 0.2) is 29.4 Å². The molecule has 1 aromatic carbocycles. The van der Waals surface area contributed by atoms with Gasteiger partial charge in [0.05, 0.1) is 0 Å². The van der Waals surface area contributed by atoms with Gasteiger partial charge in [-0.1, -0.05) is 48.5 Å². The average Bonchev–Trinajstić information content (AvgIpc) is 3.09. The molecular weight excluding hydrogens is 318 g/mol. The molecule has 1 aliphatic heterocycles. The first-order valence-electron chi connectivity index (χ1n) is 8.81. The third kappa shape index (κ3) is 4.82. The van der Waals surface area contributed by atoms with Gasteiger partial charge in [0.25, 0.3) is 0 Å². The minimum Gasteiger partial charge on any atom is -0.301 e. The number of likely N-dealkylation sites (N-methyl/N-ethyl adjacent to an activating group) is 1.